The molecule has 0 bridgehead atoms. The summed E-state index contributed by atoms with van der Waals surface area (Å²) in [6.45, 7) is 2.97. The van der Waals surface area contributed by atoms with Crippen molar-refractivity contribution in [2.24, 2.45) is 0 Å². The van der Waals surface area contributed by atoms with Crippen LogP contribution < -0.4 is 5.32 Å². The SMILES string of the molecule is Cc1ccc(S(=O)(=O)CCC2CCCCN2)s1. The summed E-state index contributed by atoms with van der Waals surface area (Å²) in [5, 5.41) is 3.39. The van der Waals surface area contributed by atoms with Gasteiger partial charge in [-0.1, -0.05) is 6.42 Å². The summed E-state index contributed by atoms with van der Waals surface area (Å²) in [6, 6.07) is 3.99. The first-order valence-electron chi connectivity index (χ1n) is 6.10. The third-order valence-corrected chi connectivity index (χ3v) is 6.50. The molecule has 0 aliphatic carbocycles. The van der Waals surface area contributed by atoms with Crippen molar-refractivity contribution < 1.29 is 8.42 Å². The van der Waals surface area contributed by atoms with E-state index in [-0.39, 0.29) is 5.75 Å². The second kappa shape index (κ2) is 5.50. The fraction of sp³-hybridized carbons (Fsp3) is 0.667. The Morgan fingerprint density at radius 1 is 1.41 bits per heavy atom. The lowest BCUT2D eigenvalue weighted by Gasteiger charge is -2.23. The van der Waals surface area contributed by atoms with Crippen LogP contribution in [0.5, 0.6) is 0 Å². The second-order valence-electron chi connectivity index (χ2n) is 4.62. The van der Waals surface area contributed by atoms with Gasteiger partial charge >= 0.3 is 0 Å². The first-order chi connectivity index (χ1) is 8.08. The van der Waals surface area contributed by atoms with Crippen LogP contribution in [0.25, 0.3) is 0 Å². The quantitative estimate of drug-likeness (QED) is 0.916. The maximum atomic E-state index is 12.1. The molecule has 3 nitrogen and oxygen atoms in total. The van der Waals surface area contributed by atoms with E-state index in [0.29, 0.717) is 10.3 Å². The zero-order valence-electron chi connectivity index (χ0n) is 10.1. The molecule has 1 unspecified atom stereocenters. The summed E-state index contributed by atoms with van der Waals surface area (Å²) in [5.74, 6) is 0.268. The molecular weight excluding hydrogens is 254 g/mol. The summed E-state index contributed by atoms with van der Waals surface area (Å²) < 4.78 is 24.7. The largest absolute Gasteiger partial charge is 0.314 e. The molecule has 0 spiro atoms. The maximum absolute atomic E-state index is 12.1. The third kappa shape index (κ3) is 3.53. The van der Waals surface area contributed by atoms with Gasteiger partial charge in [-0.3, -0.25) is 0 Å². The molecule has 1 aromatic rings. The van der Waals surface area contributed by atoms with Gasteiger partial charge in [-0.2, -0.15) is 0 Å². The van der Waals surface area contributed by atoms with E-state index in [4.69, 9.17) is 0 Å². The number of hydrogen-bond acceptors (Lipinski definition) is 4. The van der Waals surface area contributed by atoms with Gasteiger partial charge in [-0.15, -0.1) is 11.3 Å². The van der Waals surface area contributed by atoms with Crippen molar-refractivity contribution >= 4 is 21.2 Å². The molecule has 2 rings (SSSR count). The molecule has 1 aliphatic heterocycles. The molecule has 1 N–H and O–H groups in total. The standard InChI is InChI=1S/C12H19NO2S2/c1-10-5-6-12(16-10)17(14,15)9-7-11-4-2-3-8-13-11/h5-6,11,13H,2-4,7-9H2,1H3. The zero-order valence-corrected chi connectivity index (χ0v) is 11.7. The van der Waals surface area contributed by atoms with Gasteiger partial charge < -0.3 is 5.32 Å². The molecule has 0 amide bonds. The van der Waals surface area contributed by atoms with E-state index in [0.717, 1.165) is 24.3 Å². The first-order valence-corrected chi connectivity index (χ1v) is 8.57. The van der Waals surface area contributed by atoms with Crippen molar-refractivity contribution in [2.75, 3.05) is 12.3 Å². The minimum absolute atomic E-state index is 0.268. The van der Waals surface area contributed by atoms with Crippen LogP contribution in [-0.2, 0) is 9.84 Å². The molecule has 96 valence electrons. The summed E-state index contributed by atoms with van der Waals surface area (Å²) >= 11 is 1.37. The summed E-state index contributed by atoms with van der Waals surface area (Å²) in [6.07, 6.45) is 4.28. The van der Waals surface area contributed by atoms with E-state index in [9.17, 15) is 8.42 Å². The molecule has 1 fully saturated rings. The Bertz CT molecular complexity index is 459. The Labute approximate surface area is 107 Å². The Kier molecular flexibility index (Phi) is 4.22. The molecule has 17 heavy (non-hydrogen) atoms. The minimum Gasteiger partial charge on any atom is -0.314 e. The number of hydrogen-bond donors (Lipinski definition) is 1. The molecule has 1 aliphatic rings. The molecule has 0 saturated carbocycles. The highest BCUT2D eigenvalue weighted by Gasteiger charge is 2.20. The van der Waals surface area contributed by atoms with E-state index in [2.05, 4.69) is 5.32 Å². The van der Waals surface area contributed by atoms with Gasteiger partial charge in [-0.25, -0.2) is 8.42 Å². The number of thiophene rings is 1. The van der Waals surface area contributed by atoms with Crippen molar-refractivity contribution in [3.8, 4) is 0 Å². The Morgan fingerprint density at radius 3 is 2.82 bits per heavy atom. The van der Waals surface area contributed by atoms with E-state index in [1.165, 1.54) is 24.2 Å². The summed E-state index contributed by atoms with van der Waals surface area (Å²) in [7, 11) is -3.06. The van der Waals surface area contributed by atoms with Crippen molar-refractivity contribution in [1.82, 2.24) is 5.32 Å². The molecule has 0 radical (unpaired) electrons. The Morgan fingerprint density at radius 2 is 2.24 bits per heavy atom. The lowest BCUT2D eigenvalue weighted by molar-refractivity contribution is 0.392. The van der Waals surface area contributed by atoms with Gasteiger partial charge in [-0.05, 0) is 44.9 Å². The van der Waals surface area contributed by atoms with Gasteiger partial charge in [0.1, 0.15) is 4.21 Å². The van der Waals surface area contributed by atoms with Crippen LogP contribution in [0.15, 0.2) is 16.3 Å². The predicted octanol–water partition coefficient (Wildman–Crippen LogP) is 2.36. The fourth-order valence-corrected chi connectivity index (χ4v) is 4.96. The average molecular weight is 273 g/mol. The molecule has 1 aromatic heterocycles. The molecular formula is C12H19NO2S2. The lowest BCUT2D eigenvalue weighted by Crippen LogP contribution is -2.35. The van der Waals surface area contributed by atoms with Gasteiger partial charge in [0.2, 0.25) is 0 Å². The second-order valence-corrected chi connectivity index (χ2v) is 8.24. The lowest BCUT2D eigenvalue weighted by atomic mass is 10.0. The molecule has 0 aromatic carbocycles. The van der Waals surface area contributed by atoms with Crippen molar-refractivity contribution in [1.29, 1.82) is 0 Å². The number of sulfone groups is 1. The number of aryl methyl sites for hydroxylation is 1. The number of rotatable bonds is 4. The fourth-order valence-electron chi connectivity index (χ4n) is 2.15. The highest BCUT2D eigenvalue weighted by Crippen LogP contribution is 2.23. The third-order valence-electron chi connectivity index (χ3n) is 3.17. The van der Waals surface area contributed by atoms with E-state index in [1.807, 2.05) is 13.0 Å². The van der Waals surface area contributed by atoms with Crippen LogP contribution in [0.4, 0.5) is 0 Å². The van der Waals surface area contributed by atoms with E-state index in [1.54, 1.807) is 6.07 Å². The Hall–Kier alpha value is -0.390. The normalized spacial score (nSPS) is 21.6. The van der Waals surface area contributed by atoms with Crippen LogP contribution in [-0.4, -0.2) is 26.8 Å². The van der Waals surface area contributed by atoms with Gasteiger partial charge in [0.05, 0.1) is 5.75 Å². The minimum atomic E-state index is -3.06. The van der Waals surface area contributed by atoms with Crippen molar-refractivity contribution in [3.63, 3.8) is 0 Å². The molecule has 1 saturated heterocycles. The molecule has 5 heteroatoms. The Balaban J connectivity index is 1.93. The van der Waals surface area contributed by atoms with Crippen LogP contribution >= 0.6 is 11.3 Å². The highest BCUT2D eigenvalue weighted by atomic mass is 32.2. The van der Waals surface area contributed by atoms with Gasteiger partial charge in [0, 0.05) is 10.9 Å². The van der Waals surface area contributed by atoms with Crippen LogP contribution in [0, 0.1) is 6.92 Å². The van der Waals surface area contributed by atoms with Crippen LogP contribution in [0.1, 0.15) is 30.6 Å². The molecule has 2 heterocycles. The number of piperidine rings is 1. The summed E-state index contributed by atoms with van der Waals surface area (Å²) in [4.78, 5) is 1.05. The van der Waals surface area contributed by atoms with Crippen LogP contribution in [0.2, 0.25) is 0 Å². The zero-order chi connectivity index (χ0) is 12.3. The smallest absolute Gasteiger partial charge is 0.187 e. The monoisotopic (exact) mass is 273 g/mol. The highest BCUT2D eigenvalue weighted by molar-refractivity contribution is 7.93. The van der Waals surface area contributed by atoms with Gasteiger partial charge in [0.25, 0.3) is 0 Å². The number of nitrogens with one attached hydrogen (secondary N) is 1. The van der Waals surface area contributed by atoms with E-state index >= 15 is 0 Å². The molecule has 1 atom stereocenters. The average Bonchev–Trinajstić information content (AvgIpc) is 2.76. The maximum Gasteiger partial charge on any atom is 0.187 e. The van der Waals surface area contributed by atoms with Crippen molar-refractivity contribution in [3.05, 3.63) is 17.0 Å². The van der Waals surface area contributed by atoms with Crippen LogP contribution in [0.3, 0.4) is 0 Å². The summed E-state index contributed by atoms with van der Waals surface area (Å²) in [5.41, 5.74) is 0. The van der Waals surface area contributed by atoms with Gasteiger partial charge in [0.15, 0.2) is 9.84 Å². The predicted molar refractivity (Wildman–Crippen MR) is 71.4 cm³/mol. The van der Waals surface area contributed by atoms with Crippen molar-refractivity contribution in [2.45, 2.75) is 42.9 Å². The first kappa shape index (κ1) is 13.1. The van der Waals surface area contributed by atoms with E-state index < -0.39 is 9.84 Å². The topological polar surface area (TPSA) is 46.2 Å².